The van der Waals surface area contributed by atoms with E-state index >= 15 is 0 Å². The lowest BCUT2D eigenvalue weighted by molar-refractivity contribution is -0.121. The van der Waals surface area contributed by atoms with Crippen LogP contribution in [0.1, 0.15) is 46.3 Å². The molecule has 2 heterocycles. The molecule has 2 aromatic heterocycles. The molecule has 2 N–H and O–H groups in total. The number of hydrogen-bond acceptors (Lipinski definition) is 4. The van der Waals surface area contributed by atoms with Crippen LogP contribution in [-0.2, 0) is 4.79 Å². The highest BCUT2D eigenvalue weighted by atomic mass is 32.1. The van der Waals surface area contributed by atoms with Gasteiger partial charge in [-0.15, -0.1) is 22.7 Å². The minimum absolute atomic E-state index is 0.0192. The van der Waals surface area contributed by atoms with Crippen LogP contribution in [0.25, 0.3) is 0 Å². The number of thiophene rings is 2. The molecule has 6 heteroatoms. The maximum absolute atomic E-state index is 12.3. The summed E-state index contributed by atoms with van der Waals surface area (Å²) in [6.07, 6.45) is 4.78. The maximum atomic E-state index is 12.3. The second-order valence-electron chi connectivity index (χ2n) is 5.77. The second kappa shape index (κ2) is 7.75. The summed E-state index contributed by atoms with van der Waals surface area (Å²) in [5.74, 6) is 0.189. The summed E-state index contributed by atoms with van der Waals surface area (Å²) >= 11 is 3.05. The third-order valence-electron chi connectivity index (χ3n) is 4.19. The number of hydrogen-bond donors (Lipinski definition) is 2. The molecule has 0 saturated heterocycles. The Morgan fingerprint density at radius 3 is 2.52 bits per heavy atom. The van der Waals surface area contributed by atoms with E-state index in [2.05, 4.69) is 16.7 Å². The van der Waals surface area contributed by atoms with Crippen LogP contribution in [0.15, 0.2) is 35.0 Å². The van der Waals surface area contributed by atoms with Gasteiger partial charge in [-0.05, 0) is 41.7 Å². The molecule has 0 aromatic carbocycles. The standard InChI is InChI=1S/C17H20N2O2S2/c20-15(11-18-17(21)14-8-4-10-23-14)19-16(12-5-1-2-6-12)13-7-3-9-22-13/h3-4,7-10,12,16H,1-2,5-6,11H2,(H,18,21)(H,19,20). The van der Waals surface area contributed by atoms with Crippen LogP contribution in [0.3, 0.4) is 0 Å². The average Bonchev–Trinajstić information content (AvgIpc) is 3.33. The minimum atomic E-state index is -0.191. The van der Waals surface area contributed by atoms with Gasteiger partial charge in [-0.2, -0.15) is 0 Å². The Labute approximate surface area is 143 Å². The van der Waals surface area contributed by atoms with E-state index in [0.717, 1.165) is 12.8 Å². The highest BCUT2D eigenvalue weighted by Gasteiger charge is 2.28. The molecule has 0 radical (unpaired) electrons. The van der Waals surface area contributed by atoms with E-state index in [-0.39, 0.29) is 24.4 Å². The van der Waals surface area contributed by atoms with Crippen LogP contribution in [0.5, 0.6) is 0 Å². The SMILES string of the molecule is O=C(CNC(=O)c1cccs1)NC(c1cccs1)C1CCCC1. The van der Waals surface area contributed by atoms with Gasteiger partial charge in [0.1, 0.15) is 0 Å². The molecule has 2 aromatic rings. The highest BCUT2D eigenvalue weighted by molar-refractivity contribution is 7.12. The second-order valence-corrected chi connectivity index (χ2v) is 7.69. The van der Waals surface area contributed by atoms with Crippen molar-refractivity contribution in [2.24, 2.45) is 5.92 Å². The molecule has 4 nitrogen and oxygen atoms in total. The molecule has 0 bridgehead atoms. The van der Waals surface area contributed by atoms with E-state index in [0.29, 0.717) is 10.8 Å². The van der Waals surface area contributed by atoms with Crippen molar-refractivity contribution in [3.63, 3.8) is 0 Å². The van der Waals surface area contributed by atoms with Gasteiger partial charge in [-0.3, -0.25) is 9.59 Å². The fraction of sp³-hybridized carbons (Fsp3) is 0.412. The Hall–Kier alpha value is -1.66. The zero-order valence-electron chi connectivity index (χ0n) is 12.8. The van der Waals surface area contributed by atoms with Crippen LogP contribution < -0.4 is 10.6 Å². The monoisotopic (exact) mass is 348 g/mol. The van der Waals surface area contributed by atoms with E-state index in [1.807, 2.05) is 22.9 Å². The van der Waals surface area contributed by atoms with Gasteiger partial charge in [-0.1, -0.05) is 25.0 Å². The van der Waals surface area contributed by atoms with Crippen molar-refractivity contribution in [2.45, 2.75) is 31.7 Å². The molecule has 1 aliphatic rings. The molecule has 3 rings (SSSR count). The summed E-state index contributed by atoms with van der Waals surface area (Å²) in [6.45, 7) is 0.0192. The topological polar surface area (TPSA) is 58.2 Å². The fourth-order valence-corrected chi connectivity index (χ4v) is 4.57. The van der Waals surface area contributed by atoms with Crippen molar-refractivity contribution in [3.05, 3.63) is 44.8 Å². The molecule has 0 aliphatic heterocycles. The first-order valence-corrected chi connectivity index (χ1v) is 9.64. The van der Waals surface area contributed by atoms with Crippen molar-refractivity contribution in [1.82, 2.24) is 10.6 Å². The van der Waals surface area contributed by atoms with Gasteiger partial charge in [0, 0.05) is 4.88 Å². The normalized spacial score (nSPS) is 16.2. The summed E-state index contributed by atoms with van der Waals surface area (Å²) < 4.78 is 0. The van der Waals surface area contributed by atoms with E-state index in [4.69, 9.17) is 0 Å². The molecule has 1 fully saturated rings. The van der Waals surface area contributed by atoms with Crippen LogP contribution >= 0.6 is 22.7 Å². The van der Waals surface area contributed by atoms with Gasteiger partial charge < -0.3 is 10.6 Å². The Morgan fingerprint density at radius 1 is 1.13 bits per heavy atom. The Morgan fingerprint density at radius 2 is 1.87 bits per heavy atom. The Bertz CT molecular complexity index is 632. The van der Waals surface area contributed by atoms with Crippen molar-refractivity contribution < 1.29 is 9.59 Å². The molecule has 0 spiro atoms. The number of nitrogens with one attached hydrogen (secondary N) is 2. The first-order chi connectivity index (χ1) is 11.2. The van der Waals surface area contributed by atoms with Gasteiger partial charge in [0.2, 0.25) is 5.91 Å². The lowest BCUT2D eigenvalue weighted by Crippen LogP contribution is -2.40. The maximum Gasteiger partial charge on any atom is 0.261 e. The molecular formula is C17H20N2O2S2. The zero-order chi connectivity index (χ0) is 16.1. The van der Waals surface area contributed by atoms with Crippen molar-refractivity contribution >= 4 is 34.5 Å². The highest BCUT2D eigenvalue weighted by Crippen LogP contribution is 2.37. The van der Waals surface area contributed by atoms with E-state index in [9.17, 15) is 9.59 Å². The summed E-state index contributed by atoms with van der Waals surface area (Å²) in [5.41, 5.74) is 0. The van der Waals surface area contributed by atoms with Crippen LogP contribution in [0.2, 0.25) is 0 Å². The predicted octanol–water partition coefficient (Wildman–Crippen LogP) is 3.59. The summed E-state index contributed by atoms with van der Waals surface area (Å²) in [7, 11) is 0. The lowest BCUT2D eigenvalue weighted by Gasteiger charge is -2.23. The van der Waals surface area contributed by atoms with E-state index in [1.54, 1.807) is 17.4 Å². The van der Waals surface area contributed by atoms with Crippen LogP contribution in [-0.4, -0.2) is 18.4 Å². The number of carbonyl (C=O) groups excluding carboxylic acids is 2. The smallest absolute Gasteiger partial charge is 0.261 e. The molecule has 1 unspecified atom stereocenters. The summed E-state index contributed by atoms with van der Waals surface area (Å²) in [4.78, 5) is 26.0. The minimum Gasteiger partial charge on any atom is -0.347 e. The molecule has 1 atom stereocenters. The molecule has 2 amide bonds. The first-order valence-electron chi connectivity index (χ1n) is 7.88. The average molecular weight is 348 g/mol. The molecule has 122 valence electrons. The number of amides is 2. The predicted molar refractivity (Wildman–Crippen MR) is 93.8 cm³/mol. The Kier molecular flexibility index (Phi) is 5.46. The molecule has 1 saturated carbocycles. The fourth-order valence-electron chi connectivity index (χ4n) is 3.06. The largest absolute Gasteiger partial charge is 0.347 e. The first kappa shape index (κ1) is 16.2. The molecular weight excluding hydrogens is 328 g/mol. The zero-order valence-corrected chi connectivity index (χ0v) is 14.4. The van der Waals surface area contributed by atoms with Crippen LogP contribution in [0, 0.1) is 5.92 Å². The molecule has 23 heavy (non-hydrogen) atoms. The number of rotatable bonds is 6. The van der Waals surface area contributed by atoms with Gasteiger partial charge in [0.05, 0.1) is 17.5 Å². The quantitative estimate of drug-likeness (QED) is 0.838. The van der Waals surface area contributed by atoms with Gasteiger partial charge >= 0.3 is 0 Å². The summed E-state index contributed by atoms with van der Waals surface area (Å²) in [5, 5.41) is 9.70. The van der Waals surface area contributed by atoms with Crippen molar-refractivity contribution in [2.75, 3.05) is 6.54 Å². The third-order valence-corrected chi connectivity index (χ3v) is 6.02. The molecule has 1 aliphatic carbocycles. The van der Waals surface area contributed by atoms with E-state index in [1.165, 1.54) is 29.1 Å². The third kappa shape index (κ3) is 4.20. The van der Waals surface area contributed by atoms with Crippen molar-refractivity contribution in [3.8, 4) is 0 Å². The van der Waals surface area contributed by atoms with Gasteiger partial charge in [0.25, 0.3) is 5.91 Å². The van der Waals surface area contributed by atoms with Gasteiger partial charge in [0.15, 0.2) is 0 Å². The van der Waals surface area contributed by atoms with E-state index < -0.39 is 0 Å². The lowest BCUT2D eigenvalue weighted by atomic mass is 9.96. The van der Waals surface area contributed by atoms with Crippen molar-refractivity contribution in [1.29, 1.82) is 0 Å². The van der Waals surface area contributed by atoms with Gasteiger partial charge in [-0.25, -0.2) is 0 Å². The summed E-state index contributed by atoms with van der Waals surface area (Å²) in [6, 6.07) is 7.76. The van der Waals surface area contributed by atoms with Crippen LogP contribution in [0.4, 0.5) is 0 Å². The Balaban J connectivity index is 1.56. The number of carbonyl (C=O) groups is 2.